The molecule has 0 aliphatic heterocycles. The van der Waals surface area contributed by atoms with E-state index in [0.717, 1.165) is 23.9 Å². The van der Waals surface area contributed by atoms with Crippen molar-refractivity contribution in [3.8, 4) is 0 Å². The molecule has 0 fully saturated rings. The summed E-state index contributed by atoms with van der Waals surface area (Å²) < 4.78 is 47.6. The van der Waals surface area contributed by atoms with E-state index in [-0.39, 0.29) is 17.3 Å². The van der Waals surface area contributed by atoms with Crippen LogP contribution in [0.15, 0.2) is 16.3 Å². The fourth-order valence-corrected chi connectivity index (χ4v) is 3.39. The van der Waals surface area contributed by atoms with E-state index in [1.807, 2.05) is 6.92 Å². The third-order valence-electron chi connectivity index (χ3n) is 2.21. The Hall–Kier alpha value is -0.770. The molecule has 116 valence electrons. The maximum Gasteiger partial charge on any atom is 0.341 e. The fourth-order valence-electron chi connectivity index (χ4n) is 1.30. The third-order valence-corrected chi connectivity index (χ3v) is 4.68. The van der Waals surface area contributed by atoms with Crippen molar-refractivity contribution in [1.82, 2.24) is 10.6 Å². The van der Waals surface area contributed by atoms with E-state index in [1.165, 1.54) is 5.38 Å². The van der Waals surface area contributed by atoms with Gasteiger partial charge in [-0.1, -0.05) is 6.92 Å². The lowest BCUT2D eigenvalue weighted by Gasteiger charge is -2.06. The first-order valence-electron chi connectivity index (χ1n) is 5.49. The molecular weight excluding hydrogens is 334 g/mol. The summed E-state index contributed by atoms with van der Waals surface area (Å²) in [7, 11) is -4.74. The number of likely N-dealkylation sites (N-methyl/N-ethyl adjacent to an activating group) is 1. The average molecular weight is 349 g/mol. The first-order chi connectivity index (χ1) is 8.91. The van der Waals surface area contributed by atoms with Gasteiger partial charge in [0.25, 0.3) is 5.91 Å². The second-order valence-electron chi connectivity index (χ2n) is 3.53. The molecule has 1 aromatic rings. The highest BCUT2D eigenvalue weighted by atomic mass is 35.5. The average Bonchev–Trinajstić information content (AvgIpc) is 2.84. The van der Waals surface area contributed by atoms with Gasteiger partial charge in [-0.15, -0.1) is 23.7 Å². The lowest BCUT2D eigenvalue weighted by molar-refractivity contribution is 0.0955. The van der Waals surface area contributed by atoms with E-state index in [9.17, 15) is 22.0 Å². The Morgan fingerprint density at radius 1 is 1.40 bits per heavy atom. The highest BCUT2D eigenvalue weighted by Crippen LogP contribution is 2.26. The van der Waals surface area contributed by atoms with Crippen LogP contribution in [0.25, 0.3) is 0 Å². The summed E-state index contributed by atoms with van der Waals surface area (Å²) in [5.41, 5.74) is 0. The van der Waals surface area contributed by atoms with E-state index in [4.69, 9.17) is 0 Å². The molecule has 2 N–H and O–H groups in total. The minimum Gasteiger partial charge on any atom is -0.350 e. The topological polar surface area (TPSA) is 75.3 Å². The van der Waals surface area contributed by atoms with Crippen molar-refractivity contribution in [3.63, 3.8) is 0 Å². The third kappa shape index (κ3) is 4.65. The van der Waals surface area contributed by atoms with Gasteiger partial charge < -0.3 is 10.6 Å². The van der Waals surface area contributed by atoms with Crippen LogP contribution in [0.4, 0.5) is 8.78 Å². The lowest BCUT2D eigenvalue weighted by atomic mass is 10.4. The maximum atomic E-state index is 12.4. The summed E-state index contributed by atoms with van der Waals surface area (Å²) in [5, 5.41) is 6.73. The predicted octanol–water partition coefficient (Wildman–Crippen LogP) is 1.51. The molecule has 0 spiro atoms. The van der Waals surface area contributed by atoms with Crippen LogP contribution < -0.4 is 10.6 Å². The van der Waals surface area contributed by atoms with Crippen molar-refractivity contribution in [2.45, 2.75) is 17.6 Å². The van der Waals surface area contributed by atoms with Crippen LogP contribution in [0.1, 0.15) is 16.6 Å². The van der Waals surface area contributed by atoms with E-state index in [1.54, 1.807) is 0 Å². The van der Waals surface area contributed by atoms with Gasteiger partial charge in [-0.3, -0.25) is 4.79 Å². The van der Waals surface area contributed by atoms with E-state index in [2.05, 4.69) is 10.6 Å². The summed E-state index contributed by atoms with van der Waals surface area (Å²) in [6.07, 6.45) is 0. The number of carbonyl (C=O) groups excluding carboxylic acids is 1. The predicted molar refractivity (Wildman–Crippen MR) is 75.6 cm³/mol. The number of thiophene rings is 1. The number of nitrogens with one attached hydrogen (secondary N) is 2. The van der Waals surface area contributed by atoms with Crippen LogP contribution in [0, 0.1) is 0 Å². The van der Waals surface area contributed by atoms with Crippen LogP contribution in [0.2, 0.25) is 0 Å². The molecule has 1 heterocycles. The molecule has 1 rings (SSSR count). The molecule has 0 radical (unpaired) electrons. The quantitative estimate of drug-likeness (QED) is 0.732. The lowest BCUT2D eigenvalue weighted by Crippen LogP contribution is -2.32. The zero-order valence-corrected chi connectivity index (χ0v) is 13.0. The molecule has 0 unspecified atom stereocenters. The van der Waals surface area contributed by atoms with Crippen molar-refractivity contribution >= 4 is 39.5 Å². The molecule has 20 heavy (non-hydrogen) atoms. The number of sulfone groups is 1. The van der Waals surface area contributed by atoms with Crippen LogP contribution in [0.3, 0.4) is 0 Å². The van der Waals surface area contributed by atoms with E-state index < -0.39 is 26.4 Å². The Morgan fingerprint density at radius 3 is 2.60 bits per heavy atom. The zero-order chi connectivity index (χ0) is 14.5. The number of rotatable bonds is 7. The fraction of sp³-hybridized carbons (Fsp3) is 0.500. The van der Waals surface area contributed by atoms with E-state index >= 15 is 0 Å². The Balaban J connectivity index is 0.00000361. The molecule has 1 amide bonds. The van der Waals surface area contributed by atoms with Gasteiger partial charge in [0.05, 0.1) is 4.90 Å². The van der Waals surface area contributed by atoms with Crippen molar-refractivity contribution in [1.29, 1.82) is 0 Å². The smallest absolute Gasteiger partial charge is 0.341 e. The largest absolute Gasteiger partial charge is 0.350 e. The number of carbonyl (C=O) groups is 1. The summed E-state index contributed by atoms with van der Waals surface area (Å²) in [4.78, 5) is 10.9. The Bertz CT molecular complexity index is 534. The Kier molecular flexibility index (Phi) is 8.17. The molecular formula is C10H15ClF2N2O3S2. The molecule has 0 bridgehead atoms. The SMILES string of the molecule is CCNCCNC(=O)c1sccc1S(=O)(=O)C(F)F.Cl. The van der Waals surface area contributed by atoms with Crippen molar-refractivity contribution < 1.29 is 22.0 Å². The number of alkyl halides is 2. The highest BCUT2D eigenvalue weighted by molar-refractivity contribution is 7.92. The van der Waals surface area contributed by atoms with Crippen molar-refractivity contribution in [2.24, 2.45) is 0 Å². The van der Waals surface area contributed by atoms with Crippen molar-refractivity contribution in [2.75, 3.05) is 19.6 Å². The van der Waals surface area contributed by atoms with Crippen LogP contribution in [-0.4, -0.2) is 39.7 Å². The van der Waals surface area contributed by atoms with Crippen LogP contribution >= 0.6 is 23.7 Å². The second-order valence-corrected chi connectivity index (χ2v) is 6.33. The van der Waals surface area contributed by atoms with Crippen LogP contribution in [0.5, 0.6) is 0 Å². The molecule has 1 aromatic heterocycles. The summed E-state index contributed by atoms with van der Waals surface area (Å²) in [6.45, 7) is 3.44. The number of hydrogen-bond donors (Lipinski definition) is 2. The Morgan fingerprint density at radius 2 is 2.05 bits per heavy atom. The van der Waals surface area contributed by atoms with E-state index in [0.29, 0.717) is 13.1 Å². The van der Waals surface area contributed by atoms with Crippen molar-refractivity contribution in [3.05, 3.63) is 16.3 Å². The first-order valence-corrected chi connectivity index (χ1v) is 7.92. The molecule has 10 heteroatoms. The molecule has 5 nitrogen and oxygen atoms in total. The first kappa shape index (κ1) is 19.2. The highest BCUT2D eigenvalue weighted by Gasteiger charge is 2.31. The number of halogens is 3. The normalized spacial score (nSPS) is 11.2. The maximum absolute atomic E-state index is 12.4. The molecule has 0 saturated carbocycles. The number of hydrogen-bond acceptors (Lipinski definition) is 5. The molecule has 0 saturated heterocycles. The van der Waals surface area contributed by atoms with Gasteiger partial charge in [0, 0.05) is 13.1 Å². The minimum atomic E-state index is -4.74. The molecule has 0 aliphatic rings. The zero-order valence-electron chi connectivity index (χ0n) is 10.6. The van der Waals surface area contributed by atoms with Gasteiger partial charge in [0.1, 0.15) is 4.88 Å². The monoisotopic (exact) mass is 348 g/mol. The van der Waals surface area contributed by atoms with Gasteiger partial charge in [-0.25, -0.2) is 8.42 Å². The van der Waals surface area contributed by atoms with Gasteiger partial charge in [0.2, 0.25) is 9.84 Å². The molecule has 0 atom stereocenters. The number of amides is 1. The van der Waals surface area contributed by atoms with Gasteiger partial charge in [-0.05, 0) is 18.0 Å². The summed E-state index contributed by atoms with van der Waals surface area (Å²) >= 11 is 0.821. The molecule has 0 aliphatic carbocycles. The second kappa shape index (κ2) is 8.50. The molecule has 0 aromatic carbocycles. The van der Waals surface area contributed by atoms with Gasteiger partial charge in [-0.2, -0.15) is 8.78 Å². The van der Waals surface area contributed by atoms with Gasteiger partial charge >= 0.3 is 5.76 Å². The van der Waals surface area contributed by atoms with Gasteiger partial charge in [0.15, 0.2) is 0 Å². The van der Waals surface area contributed by atoms with Crippen LogP contribution in [-0.2, 0) is 9.84 Å². The summed E-state index contributed by atoms with van der Waals surface area (Å²) in [6, 6.07) is 1.02. The summed E-state index contributed by atoms with van der Waals surface area (Å²) in [5.74, 6) is -4.19. The standard InChI is InChI=1S/C10H14F2N2O3S2.ClH/c1-2-13-4-5-14-9(15)8-7(3-6-18-8)19(16,17)10(11)12;/h3,6,10,13H,2,4-5H2,1H3,(H,14,15);1H. The Labute approximate surface area is 126 Å². The minimum absolute atomic E-state index is 0.